The molecule has 7 heteroatoms. The molecule has 0 aliphatic carbocycles. The first-order valence-corrected chi connectivity index (χ1v) is 6.99. The summed E-state index contributed by atoms with van der Waals surface area (Å²) in [7, 11) is 0. The van der Waals surface area contributed by atoms with Crippen LogP contribution in [0.4, 0.5) is 5.69 Å². The van der Waals surface area contributed by atoms with Gasteiger partial charge >= 0.3 is 0 Å². The fourth-order valence-corrected chi connectivity index (χ4v) is 2.09. The van der Waals surface area contributed by atoms with E-state index in [9.17, 15) is 10.1 Å². The second-order valence-corrected chi connectivity index (χ2v) is 4.88. The first-order chi connectivity index (χ1) is 9.19. The highest BCUT2D eigenvalue weighted by Crippen LogP contribution is 2.12. The predicted octanol–water partition coefficient (Wildman–Crippen LogP) is 2.37. The Morgan fingerprint density at radius 3 is 2.63 bits per heavy atom. The zero-order valence-corrected chi connectivity index (χ0v) is 11.8. The number of hydrogen-bond acceptors (Lipinski definition) is 4. The van der Waals surface area contributed by atoms with Gasteiger partial charge in [0.25, 0.3) is 5.69 Å². The lowest BCUT2D eigenvalue weighted by Crippen LogP contribution is -2.02. The third-order valence-corrected chi connectivity index (χ3v) is 3.11. The van der Waals surface area contributed by atoms with E-state index in [0.29, 0.717) is 6.54 Å². The zero-order valence-electron chi connectivity index (χ0n) is 10.2. The van der Waals surface area contributed by atoms with Crippen LogP contribution < -0.4 is 0 Å². The Kier molecular flexibility index (Phi) is 4.62. The Morgan fingerprint density at radius 2 is 2.00 bits per heavy atom. The van der Waals surface area contributed by atoms with Gasteiger partial charge in [0.05, 0.1) is 10.6 Å². The second kappa shape index (κ2) is 6.42. The van der Waals surface area contributed by atoms with Crippen LogP contribution >= 0.6 is 15.9 Å². The van der Waals surface area contributed by atoms with Crippen LogP contribution in [0, 0.1) is 10.1 Å². The number of non-ortho nitro benzene ring substituents is 1. The van der Waals surface area contributed by atoms with Gasteiger partial charge in [-0.15, -0.1) is 5.10 Å². The van der Waals surface area contributed by atoms with Crippen LogP contribution in [0.3, 0.4) is 0 Å². The van der Waals surface area contributed by atoms with Crippen molar-refractivity contribution < 1.29 is 4.92 Å². The molecule has 0 fully saturated rings. The highest BCUT2D eigenvalue weighted by atomic mass is 79.9. The molecular weight excluding hydrogens is 312 g/mol. The normalized spacial score (nSPS) is 10.6. The van der Waals surface area contributed by atoms with Gasteiger partial charge in [0, 0.05) is 36.6 Å². The van der Waals surface area contributed by atoms with Crippen LogP contribution in [0.25, 0.3) is 0 Å². The van der Waals surface area contributed by atoms with Gasteiger partial charge in [0.2, 0.25) is 0 Å². The molecule has 2 aromatic rings. The van der Waals surface area contributed by atoms with Crippen LogP contribution in [-0.4, -0.2) is 25.2 Å². The molecule has 1 aromatic carbocycles. The molecule has 0 atom stereocenters. The minimum Gasteiger partial charge on any atom is -0.258 e. The molecule has 1 heterocycles. The number of rotatable bonds is 6. The summed E-state index contributed by atoms with van der Waals surface area (Å²) in [5.74, 6) is 0. The summed E-state index contributed by atoms with van der Waals surface area (Å²) in [6.45, 7) is 0.715. The Balaban J connectivity index is 1.92. The van der Waals surface area contributed by atoms with E-state index in [1.807, 2.05) is 6.20 Å². The van der Waals surface area contributed by atoms with Crippen molar-refractivity contribution in [1.29, 1.82) is 0 Å². The number of benzene rings is 1. The van der Waals surface area contributed by atoms with Crippen LogP contribution in [0.5, 0.6) is 0 Å². The molecule has 0 unspecified atom stereocenters. The number of alkyl halides is 1. The SMILES string of the molecule is O=[N+]([O-])c1ccc(CCn2cc(CCBr)nn2)cc1. The number of halogens is 1. The van der Waals surface area contributed by atoms with E-state index in [4.69, 9.17) is 0 Å². The van der Waals surface area contributed by atoms with Gasteiger partial charge in [0.15, 0.2) is 0 Å². The fourth-order valence-electron chi connectivity index (χ4n) is 1.69. The molecule has 1 aromatic heterocycles. The molecule has 100 valence electrons. The minimum absolute atomic E-state index is 0.115. The maximum absolute atomic E-state index is 10.5. The summed E-state index contributed by atoms with van der Waals surface area (Å²) >= 11 is 3.36. The Morgan fingerprint density at radius 1 is 1.26 bits per heavy atom. The Bertz CT molecular complexity index is 553. The highest BCUT2D eigenvalue weighted by Gasteiger charge is 2.04. The summed E-state index contributed by atoms with van der Waals surface area (Å²) in [6, 6.07) is 6.59. The van der Waals surface area contributed by atoms with E-state index in [-0.39, 0.29) is 5.69 Å². The lowest BCUT2D eigenvalue weighted by molar-refractivity contribution is -0.384. The monoisotopic (exact) mass is 324 g/mol. The van der Waals surface area contributed by atoms with Crippen LogP contribution in [-0.2, 0) is 19.4 Å². The van der Waals surface area contributed by atoms with Gasteiger partial charge in [0.1, 0.15) is 0 Å². The molecule has 0 aliphatic rings. The maximum atomic E-state index is 10.5. The van der Waals surface area contributed by atoms with Crippen molar-refractivity contribution in [3.05, 3.63) is 51.8 Å². The van der Waals surface area contributed by atoms with Crippen molar-refractivity contribution in [3.63, 3.8) is 0 Å². The average Bonchev–Trinajstić information content (AvgIpc) is 2.85. The van der Waals surface area contributed by atoms with E-state index < -0.39 is 4.92 Å². The van der Waals surface area contributed by atoms with E-state index >= 15 is 0 Å². The molecule has 0 saturated carbocycles. The summed E-state index contributed by atoms with van der Waals surface area (Å²) in [5, 5.41) is 19.5. The molecule has 0 saturated heterocycles. The van der Waals surface area contributed by atoms with Gasteiger partial charge in [-0.1, -0.05) is 33.3 Å². The number of nitrogens with zero attached hydrogens (tertiary/aromatic N) is 4. The standard InChI is InChI=1S/C12H13BrN4O2/c13-7-5-11-9-16(15-14-11)8-6-10-1-3-12(4-2-10)17(18)19/h1-4,9H,5-8H2. The lowest BCUT2D eigenvalue weighted by Gasteiger charge is -2.01. The van der Waals surface area contributed by atoms with Crippen LogP contribution in [0.2, 0.25) is 0 Å². The summed E-state index contributed by atoms with van der Waals surface area (Å²) < 4.78 is 1.79. The predicted molar refractivity (Wildman–Crippen MR) is 74.3 cm³/mol. The van der Waals surface area contributed by atoms with E-state index in [1.165, 1.54) is 12.1 Å². The van der Waals surface area contributed by atoms with Gasteiger partial charge < -0.3 is 0 Å². The van der Waals surface area contributed by atoms with E-state index in [2.05, 4.69) is 26.2 Å². The van der Waals surface area contributed by atoms with Crippen molar-refractivity contribution >= 4 is 21.6 Å². The average molecular weight is 325 g/mol. The van der Waals surface area contributed by atoms with Crippen molar-refractivity contribution in [3.8, 4) is 0 Å². The van der Waals surface area contributed by atoms with Crippen LogP contribution in [0.1, 0.15) is 11.3 Å². The summed E-state index contributed by atoms with van der Waals surface area (Å²) in [6.07, 6.45) is 3.55. The third-order valence-electron chi connectivity index (χ3n) is 2.71. The molecular formula is C12H13BrN4O2. The van der Waals surface area contributed by atoms with Crippen molar-refractivity contribution in [1.82, 2.24) is 15.0 Å². The molecule has 2 rings (SSSR count). The number of aryl methyl sites for hydroxylation is 3. The van der Waals surface area contributed by atoms with Crippen molar-refractivity contribution in [2.24, 2.45) is 0 Å². The number of nitro benzene ring substituents is 1. The molecule has 0 bridgehead atoms. The van der Waals surface area contributed by atoms with Crippen molar-refractivity contribution in [2.75, 3.05) is 5.33 Å². The third kappa shape index (κ3) is 3.85. The van der Waals surface area contributed by atoms with Gasteiger partial charge in [-0.2, -0.15) is 0 Å². The van der Waals surface area contributed by atoms with Gasteiger partial charge in [-0.05, 0) is 12.0 Å². The molecule has 0 spiro atoms. The van der Waals surface area contributed by atoms with Crippen LogP contribution in [0.15, 0.2) is 30.5 Å². The minimum atomic E-state index is -0.395. The molecule has 0 N–H and O–H groups in total. The lowest BCUT2D eigenvalue weighted by atomic mass is 10.1. The Labute approximate surface area is 118 Å². The molecule has 0 aliphatic heterocycles. The van der Waals surface area contributed by atoms with Gasteiger partial charge in [-0.3, -0.25) is 14.8 Å². The second-order valence-electron chi connectivity index (χ2n) is 4.09. The number of aromatic nitrogens is 3. The molecule has 6 nitrogen and oxygen atoms in total. The molecule has 19 heavy (non-hydrogen) atoms. The van der Waals surface area contributed by atoms with E-state index in [1.54, 1.807) is 16.8 Å². The zero-order chi connectivity index (χ0) is 13.7. The molecule has 0 amide bonds. The summed E-state index contributed by atoms with van der Waals surface area (Å²) in [5.41, 5.74) is 2.12. The topological polar surface area (TPSA) is 73.8 Å². The molecule has 0 radical (unpaired) electrons. The number of nitro groups is 1. The highest BCUT2D eigenvalue weighted by molar-refractivity contribution is 9.09. The first-order valence-electron chi connectivity index (χ1n) is 5.87. The first kappa shape index (κ1) is 13.7. The quantitative estimate of drug-likeness (QED) is 0.464. The largest absolute Gasteiger partial charge is 0.269 e. The maximum Gasteiger partial charge on any atom is 0.269 e. The summed E-state index contributed by atoms with van der Waals surface area (Å²) in [4.78, 5) is 10.1. The van der Waals surface area contributed by atoms with E-state index in [0.717, 1.165) is 29.4 Å². The number of hydrogen-bond donors (Lipinski definition) is 0. The Hall–Kier alpha value is -1.76. The smallest absolute Gasteiger partial charge is 0.258 e. The van der Waals surface area contributed by atoms with Gasteiger partial charge in [-0.25, -0.2) is 0 Å². The fraction of sp³-hybridized carbons (Fsp3) is 0.333. The van der Waals surface area contributed by atoms with Crippen molar-refractivity contribution in [2.45, 2.75) is 19.4 Å².